The van der Waals surface area contributed by atoms with Crippen LogP contribution in [-0.2, 0) is 27.8 Å². The average molecular weight is 539 g/mol. The smallest absolute Gasteiger partial charge is 0.332 e. The molecule has 3 aromatic rings. The molecule has 1 aromatic heterocycles. The van der Waals surface area contributed by atoms with Gasteiger partial charge in [0.1, 0.15) is 5.75 Å². The molecular formula is C28H34N4O5S. The SMILES string of the molecule is NC(=O)[C@H]1CCc2cc(S(=O)(=O)Nc3ccc(-n4ccn(CCCC5CCCCC5)c4=O)cc3)ccc2O1. The van der Waals surface area contributed by atoms with Crippen LogP contribution in [0.25, 0.3) is 5.69 Å². The lowest BCUT2D eigenvalue weighted by Crippen LogP contribution is -2.36. The van der Waals surface area contributed by atoms with Crippen LogP contribution in [-0.4, -0.2) is 29.6 Å². The van der Waals surface area contributed by atoms with E-state index in [1.54, 1.807) is 51.7 Å². The number of hydrogen-bond acceptors (Lipinski definition) is 5. The molecule has 2 aromatic carbocycles. The Balaban J connectivity index is 1.22. The van der Waals surface area contributed by atoms with Gasteiger partial charge in [0.15, 0.2) is 6.10 Å². The van der Waals surface area contributed by atoms with Crippen molar-refractivity contribution in [3.05, 3.63) is 70.9 Å². The number of fused-ring (bicyclic) bond motifs is 1. The third-order valence-corrected chi connectivity index (χ3v) is 8.96. The van der Waals surface area contributed by atoms with Crippen molar-refractivity contribution < 1.29 is 17.9 Å². The molecule has 1 fully saturated rings. The molecule has 0 spiro atoms. The van der Waals surface area contributed by atoms with Crippen molar-refractivity contribution in [3.63, 3.8) is 0 Å². The second-order valence-corrected chi connectivity index (χ2v) is 11.9. The third-order valence-electron chi connectivity index (χ3n) is 7.59. The molecule has 1 atom stereocenters. The first-order valence-corrected chi connectivity index (χ1v) is 14.8. The number of nitrogens with one attached hydrogen (secondary N) is 1. The van der Waals surface area contributed by atoms with Gasteiger partial charge in [-0.15, -0.1) is 0 Å². The zero-order valence-corrected chi connectivity index (χ0v) is 22.2. The minimum Gasteiger partial charge on any atom is -0.480 e. The van der Waals surface area contributed by atoms with Crippen LogP contribution >= 0.6 is 0 Å². The molecule has 1 amide bonds. The Morgan fingerprint density at radius 1 is 1.03 bits per heavy atom. The van der Waals surface area contributed by atoms with E-state index in [-0.39, 0.29) is 10.6 Å². The van der Waals surface area contributed by atoms with Crippen LogP contribution in [0.15, 0.2) is 64.5 Å². The maximum atomic E-state index is 13.0. The molecule has 202 valence electrons. The van der Waals surface area contributed by atoms with E-state index in [2.05, 4.69) is 4.72 Å². The number of anilines is 1. The van der Waals surface area contributed by atoms with Crippen molar-refractivity contribution in [1.82, 2.24) is 9.13 Å². The Hall–Kier alpha value is -3.53. The van der Waals surface area contributed by atoms with E-state index in [1.165, 1.54) is 38.2 Å². The lowest BCUT2D eigenvalue weighted by Gasteiger charge is -2.24. The van der Waals surface area contributed by atoms with E-state index >= 15 is 0 Å². The van der Waals surface area contributed by atoms with Crippen molar-refractivity contribution >= 4 is 21.6 Å². The zero-order chi connectivity index (χ0) is 26.7. The molecule has 5 rings (SSSR count). The number of aromatic nitrogens is 2. The lowest BCUT2D eigenvalue weighted by atomic mass is 9.86. The van der Waals surface area contributed by atoms with Crippen molar-refractivity contribution in [1.29, 1.82) is 0 Å². The lowest BCUT2D eigenvalue weighted by molar-refractivity contribution is -0.125. The van der Waals surface area contributed by atoms with Gasteiger partial charge < -0.3 is 10.5 Å². The van der Waals surface area contributed by atoms with E-state index < -0.39 is 22.0 Å². The predicted molar refractivity (Wildman–Crippen MR) is 145 cm³/mol. The van der Waals surface area contributed by atoms with Crippen LogP contribution < -0.4 is 20.9 Å². The minimum absolute atomic E-state index is 0.1000. The second-order valence-electron chi connectivity index (χ2n) is 10.3. The number of nitrogens with two attached hydrogens (primary N) is 1. The molecule has 2 heterocycles. The number of hydrogen-bond donors (Lipinski definition) is 2. The standard InChI is InChI=1S/C28H34N4O5S/c29-27(33)26-14-8-21-19-24(13-15-25(21)37-26)38(35,36)30-22-9-11-23(12-10-22)32-18-17-31(28(32)34)16-4-7-20-5-2-1-3-6-20/h9-13,15,17-20,26,30H,1-8,14,16H2,(H2,29,33)/t26-/m1/s1. The summed E-state index contributed by atoms with van der Waals surface area (Å²) in [5.74, 6) is 0.724. The van der Waals surface area contributed by atoms with E-state index in [9.17, 15) is 18.0 Å². The van der Waals surface area contributed by atoms with Gasteiger partial charge in [-0.2, -0.15) is 0 Å². The number of aryl methyl sites for hydroxylation is 2. The molecule has 0 bridgehead atoms. The van der Waals surface area contributed by atoms with Gasteiger partial charge in [0, 0.05) is 24.6 Å². The molecule has 1 aliphatic heterocycles. The number of nitrogens with zero attached hydrogens (tertiary/aromatic N) is 2. The van der Waals surface area contributed by atoms with Crippen LogP contribution in [0.1, 0.15) is 56.9 Å². The average Bonchev–Trinajstić information content (AvgIpc) is 3.28. The summed E-state index contributed by atoms with van der Waals surface area (Å²) in [4.78, 5) is 24.4. The first-order chi connectivity index (χ1) is 18.3. The highest BCUT2D eigenvalue weighted by Crippen LogP contribution is 2.31. The minimum atomic E-state index is -3.85. The molecule has 38 heavy (non-hydrogen) atoms. The summed E-state index contributed by atoms with van der Waals surface area (Å²) in [6.45, 7) is 0.704. The van der Waals surface area contributed by atoms with Crippen LogP contribution in [0, 0.1) is 5.92 Å². The maximum Gasteiger partial charge on any atom is 0.332 e. The van der Waals surface area contributed by atoms with E-state index in [0.717, 1.165) is 18.8 Å². The zero-order valence-electron chi connectivity index (χ0n) is 21.3. The molecule has 2 aliphatic rings. The van der Waals surface area contributed by atoms with Gasteiger partial charge in [-0.05, 0) is 79.6 Å². The summed E-state index contributed by atoms with van der Waals surface area (Å²) in [6, 6.07) is 11.3. The van der Waals surface area contributed by atoms with Crippen LogP contribution in [0.2, 0.25) is 0 Å². The number of imidazole rings is 1. The third kappa shape index (κ3) is 5.80. The van der Waals surface area contributed by atoms with E-state index in [4.69, 9.17) is 10.5 Å². The number of carbonyl (C=O) groups excluding carboxylic acids is 1. The Morgan fingerprint density at radius 3 is 2.53 bits per heavy atom. The molecule has 1 saturated carbocycles. The Bertz CT molecular complexity index is 1450. The number of primary amides is 1. The number of sulfonamides is 1. The second kappa shape index (κ2) is 11.1. The summed E-state index contributed by atoms with van der Waals surface area (Å²) in [5.41, 5.74) is 6.98. The monoisotopic (exact) mass is 538 g/mol. The molecule has 10 heteroatoms. The molecule has 0 saturated heterocycles. The predicted octanol–water partition coefficient (Wildman–Crippen LogP) is 3.98. The fourth-order valence-corrected chi connectivity index (χ4v) is 6.55. The van der Waals surface area contributed by atoms with Crippen molar-refractivity contribution in [3.8, 4) is 11.4 Å². The normalized spacial score (nSPS) is 17.9. The van der Waals surface area contributed by atoms with Gasteiger partial charge in [0.2, 0.25) is 0 Å². The van der Waals surface area contributed by atoms with Crippen LogP contribution in [0.3, 0.4) is 0 Å². The molecular weight excluding hydrogens is 504 g/mol. The Labute approximate surface area is 222 Å². The number of carbonyl (C=O) groups is 1. The highest BCUT2D eigenvalue weighted by molar-refractivity contribution is 7.92. The quantitative estimate of drug-likeness (QED) is 0.426. The van der Waals surface area contributed by atoms with Gasteiger partial charge >= 0.3 is 5.69 Å². The Kier molecular flexibility index (Phi) is 7.60. The highest BCUT2D eigenvalue weighted by atomic mass is 32.2. The van der Waals surface area contributed by atoms with E-state index in [1.807, 2.05) is 6.20 Å². The molecule has 1 aliphatic carbocycles. The number of ether oxygens (including phenoxy) is 1. The van der Waals surface area contributed by atoms with Gasteiger partial charge in [0.05, 0.1) is 10.6 Å². The molecule has 0 radical (unpaired) electrons. The molecule has 0 unspecified atom stereocenters. The summed E-state index contributed by atoms with van der Waals surface area (Å²) in [5, 5.41) is 0. The van der Waals surface area contributed by atoms with Gasteiger partial charge in [-0.3, -0.25) is 18.7 Å². The van der Waals surface area contributed by atoms with E-state index in [0.29, 0.717) is 42.1 Å². The first-order valence-electron chi connectivity index (χ1n) is 13.3. The maximum absolute atomic E-state index is 13.0. The number of benzene rings is 2. The first kappa shape index (κ1) is 26.1. The Morgan fingerprint density at radius 2 is 1.79 bits per heavy atom. The van der Waals surface area contributed by atoms with Crippen LogP contribution in [0.5, 0.6) is 5.75 Å². The van der Waals surface area contributed by atoms with Gasteiger partial charge in [-0.1, -0.05) is 32.1 Å². The summed E-state index contributed by atoms with van der Waals surface area (Å²) in [7, 11) is -3.85. The summed E-state index contributed by atoms with van der Waals surface area (Å²) >= 11 is 0. The number of rotatable bonds is 9. The molecule has 9 nitrogen and oxygen atoms in total. The summed E-state index contributed by atoms with van der Waals surface area (Å²) < 4.78 is 37.5. The fraction of sp³-hybridized carbons (Fsp3) is 0.429. The largest absolute Gasteiger partial charge is 0.480 e. The number of amides is 1. The van der Waals surface area contributed by atoms with Gasteiger partial charge in [-0.25, -0.2) is 13.2 Å². The van der Waals surface area contributed by atoms with Crippen molar-refractivity contribution in [2.75, 3.05) is 4.72 Å². The van der Waals surface area contributed by atoms with Gasteiger partial charge in [0.25, 0.3) is 15.9 Å². The highest BCUT2D eigenvalue weighted by Gasteiger charge is 2.26. The summed E-state index contributed by atoms with van der Waals surface area (Å²) in [6.07, 6.45) is 12.5. The van der Waals surface area contributed by atoms with Crippen molar-refractivity contribution in [2.24, 2.45) is 11.7 Å². The fourth-order valence-electron chi connectivity index (χ4n) is 5.44. The molecule has 3 N–H and O–H groups in total. The van der Waals surface area contributed by atoms with Crippen molar-refractivity contribution in [2.45, 2.75) is 75.3 Å². The topological polar surface area (TPSA) is 125 Å². The van der Waals surface area contributed by atoms with Crippen LogP contribution in [0.4, 0.5) is 5.69 Å².